The molecule has 0 N–H and O–H groups in total. The predicted octanol–water partition coefficient (Wildman–Crippen LogP) is 3.12. The van der Waals surface area contributed by atoms with Crippen LogP contribution in [0.3, 0.4) is 0 Å². The van der Waals surface area contributed by atoms with Gasteiger partial charge >= 0.3 is 0 Å². The van der Waals surface area contributed by atoms with Gasteiger partial charge < -0.3 is 4.74 Å². The Bertz CT molecular complexity index is 87.6. The van der Waals surface area contributed by atoms with E-state index in [2.05, 4.69) is 15.9 Å². The molecule has 1 aliphatic rings. The number of halogens is 1. The molecule has 1 heterocycles. The van der Waals surface area contributed by atoms with Crippen LogP contribution in [0.4, 0.5) is 0 Å². The second-order valence-corrected chi connectivity index (χ2v) is 3.97. The number of rotatable bonds is 3. The van der Waals surface area contributed by atoms with E-state index in [9.17, 15) is 0 Å². The standard InChI is InChI=1S/C9H17BrO/c10-7-4-6-9-5-2-1-3-8-11-9/h9H,1-8H2. The average molecular weight is 221 g/mol. The molecule has 0 radical (unpaired) electrons. The summed E-state index contributed by atoms with van der Waals surface area (Å²) in [5, 5.41) is 1.12. The molecule has 1 atom stereocenters. The fourth-order valence-corrected chi connectivity index (χ4v) is 1.84. The third kappa shape index (κ3) is 4.12. The fraction of sp³-hybridized carbons (Fsp3) is 1.00. The Balaban J connectivity index is 2.09. The van der Waals surface area contributed by atoms with Gasteiger partial charge in [0.05, 0.1) is 6.10 Å². The molecule has 0 aromatic carbocycles. The highest BCUT2D eigenvalue weighted by atomic mass is 79.9. The van der Waals surface area contributed by atoms with Gasteiger partial charge in [-0.2, -0.15) is 0 Å². The largest absolute Gasteiger partial charge is 0.378 e. The number of hydrogen-bond donors (Lipinski definition) is 0. The van der Waals surface area contributed by atoms with Crippen LogP contribution in [0.15, 0.2) is 0 Å². The molecule has 1 fully saturated rings. The van der Waals surface area contributed by atoms with Crippen molar-refractivity contribution in [1.29, 1.82) is 0 Å². The van der Waals surface area contributed by atoms with Crippen LogP contribution in [0.5, 0.6) is 0 Å². The zero-order valence-electron chi connectivity index (χ0n) is 7.02. The van der Waals surface area contributed by atoms with Gasteiger partial charge in [0, 0.05) is 11.9 Å². The van der Waals surface area contributed by atoms with Crippen molar-refractivity contribution in [2.24, 2.45) is 0 Å². The van der Waals surface area contributed by atoms with Crippen molar-refractivity contribution < 1.29 is 4.74 Å². The van der Waals surface area contributed by atoms with E-state index in [1.807, 2.05) is 0 Å². The maximum atomic E-state index is 5.68. The van der Waals surface area contributed by atoms with E-state index in [1.165, 1.54) is 38.5 Å². The maximum Gasteiger partial charge on any atom is 0.0575 e. The number of ether oxygens (including phenoxy) is 1. The van der Waals surface area contributed by atoms with E-state index in [1.54, 1.807) is 0 Å². The van der Waals surface area contributed by atoms with Gasteiger partial charge in [0.15, 0.2) is 0 Å². The Morgan fingerprint density at radius 2 is 2.18 bits per heavy atom. The van der Waals surface area contributed by atoms with Crippen LogP contribution in [-0.2, 0) is 4.74 Å². The molecule has 0 bridgehead atoms. The minimum Gasteiger partial charge on any atom is -0.378 e. The fourth-order valence-electron chi connectivity index (χ4n) is 1.52. The first-order chi connectivity index (χ1) is 5.43. The second-order valence-electron chi connectivity index (χ2n) is 3.17. The molecule has 0 saturated carbocycles. The molecule has 0 aromatic heterocycles. The summed E-state index contributed by atoms with van der Waals surface area (Å²) in [6.07, 6.45) is 8.35. The highest BCUT2D eigenvalue weighted by Crippen LogP contribution is 2.17. The quantitative estimate of drug-likeness (QED) is 0.665. The van der Waals surface area contributed by atoms with E-state index in [0.29, 0.717) is 6.10 Å². The first kappa shape index (κ1) is 9.53. The van der Waals surface area contributed by atoms with Gasteiger partial charge in [-0.05, 0) is 25.7 Å². The molecule has 1 aliphatic heterocycles. The van der Waals surface area contributed by atoms with Gasteiger partial charge in [0.25, 0.3) is 0 Å². The third-order valence-corrected chi connectivity index (χ3v) is 2.74. The van der Waals surface area contributed by atoms with Crippen molar-refractivity contribution in [1.82, 2.24) is 0 Å². The summed E-state index contributed by atoms with van der Waals surface area (Å²) in [5.74, 6) is 0. The summed E-state index contributed by atoms with van der Waals surface area (Å²) in [5.41, 5.74) is 0. The topological polar surface area (TPSA) is 9.23 Å². The van der Waals surface area contributed by atoms with E-state index < -0.39 is 0 Å². The van der Waals surface area contributed by atoms with Crippen LogP contribution in [0.25, 0.3) is 0 Å². The predicted molar refractivity (Wildman–Crippen MR) is 51.2 cm³/mol. The van der Waals surface area contributed by atoms with Gasteiger partial charge in [-0.3, -0.25) is 0 Å². The van der Waals surface area contributed by atoms with Crippen molar-refractivity contribution in [3.63, 3.8) is 0 Å². The molecular formula is C9H17BrO. The Hall–Kier alpha value is 0.440. The SMILES string of the molecule is BrCCCC1CCCCCO1. The van der Waals surface area contributed by atoms with Gasteiger partial charge in [-0.15, -0.1) is 0 Å². The van der Waals surface area contributed by atoms with Crippen LogP contribution in [0, 0.1) is 0 Å². The normalized spacial score (nSPS) is 26.5. The monoisotopic (exact) mass is 220 g/mol. The molecule has 0 aromatic rings. The maximum absolute atomic E-state index is 5.68. The van der Waals surface area contributed by atoms with E-state index in [4.69, 9.17) is 4.74 Å². The van der Waals surface area contributed by atoms with Crippen molar-refractivity contribution in [3.8, 4) is 0 Å². The Labute approximate surface area is 77.6 Å². The highest BCUT2D eigenvalue weighted by Gasteiger charge is 2.11. The summed E-state index contributed by atoms with van der Waals surface area (Å²) < 4.78 is 5.68. The van der Waals surface area contributed by atoms with Crippen LogP contribution >= 0.6 is 15.9 Å². The Kier molecular flexibility index (Phi) is 5.21. The third-order valence-electron chi connectivity index (χ3n) is 2.18. The molecule has 11 heavy (non-hydrogen) atoms. The summed E-state index contributed by atoms with van der Waals surface area (Å²) in [4.78, 5) is 0. The van der Waals surface area contributed by atoms with Crippen LogP contribution in [0.2, 0.25) is 0 Å². The Morgan fingerprint density at radius 3 is 3.00 bits per heavy atom. The van der Waals surface area contributed by atoms with Crippen molar-refractivity contribution in [2.75, 3.05) is 11.9 Å². The zero-order valence-corrected chi connectivity index (χ0v) is 8.61. The molecule has 0 spiro atoms. The molecular weight excluding hydrogens is 204 g/mol. The molecule has 2 heteroatoms. The van der Waals surface area contributed by atoms with Crippen molar-refractivity contribution >= 4 is 15.9 Å². The first-order valence-electron chi connectivity index (χ1n) is 4.61. The van der Waals surface area contributed by atoms with Crippen molar-refractivity contribution in [3.05, 3.63) is 0 Å². The molecule has 1 saturated heterocycles. The average Bonchev–Trinajstić information content (AvgIpc) is 2.28. The van der Waals surface area contributed by atoms with Crippen LogP contribution < -0.4 is 0 Å². The van der Waals surface area contributed by atoms with Gasteiger partial charge in [-0.1, -0.05) is 28.8 Å². The lowest BCUT2D eigenvalue weighted by atomic mass is 10.1. The van der Waals surface area contributed by atoms with E-state index in [-0.39, 0.29) is 0 Å². The lowest BCUT2D eigenvalue weighted by Gasteiger charge is -2.13. The highest BCUT2D eigenvalue weighted by molar-refractivity contribution is 9.09. The smallest absolute Gasteiger partial charge is 0.0575 e. The van der Waals surface area contributed by atoms with Crippen LogP contribution in [0.1, 0.15) is 38.5 Å². The first-order valence-corrected chi connectivity index (χ1v) is 5.73. The molecule has 0 amide bonds. The second kappa shape index (κ2) is 6.01. The lowest BCUT2D eigenvalue weighted by Crippen LogP contribution is -2.11. The van der Waals surface area contributed by atoms with Gasteiger partial charge in [0.2, 0.25) is 0 Å². The van der Waals surface area contributed by atoms with Gasteiger partial charge in [0.1, 0.15) is 0 Å². The number of hydrogen-bond acceptors (Lipinski definition) is 1. The molecule has 66 valence electrons. The molecule has 1 unspecified atom stereocenters. The lowest BCUT2D eigenvalue weighted by molar-refractivity contribution is 0.0527. The Morgan fingerprint density at radius 1 is 1.27 bits per heavy atom. The summed E-state index contributed by atoms with van der Waals surface area (Å²) in [6, 6.07) is 0. The molecule has 1 nitrogen and oxygen atoms in total. The minimum absolute atomic E-state index is 0.565. The van der Waals surface area contributed by atoms with E-state index in [0.717, 1.165) is 11.9 Å². The zero-order chi connectivity index (χ0) is 7.94. The minimum atomic E-state index is 0.565. The van der Waals surface area contributed by atoms with E-state index >= 15 is 0 Å². The summed E-state index contributed by atoms with van der Waals surface area (Å²) >= 11 is 3.44. The summed E-state index contributed by atoms with van der Waals surface area (Å²) in [7, 11) is 0. The molecule has 1 rings (SSSR count). The molecule has 0 aliphatic carbocycles. The summed E-state index contributed by atoms with van der Waals surface area (Å²) in [6.45, 7) is 0.993. The van der Waals surface area contributed by atoms with Crippen molar-refractivity contribution in [2.45, 2.75) is 44.6 Å². The van der Waals surface area contributed by atoms with Crippen LogP contribution in [-0.4, -0.2) is 18.0 Å². The number of alkyl halides is 1. The van der Waals surface area contributed by atoms with Gasteiger partial charge in [-0.25, -0.2) is 0 Å².